The van der Waals surface area contributed by atoms with Crippen molar-refractivity contribution in [2.24, 2.45) is 0 Å². The Balaban J connectivity index is 2.00. The maximum absolute atomic E-state index is 6.40. The van der Waals surface area contributed by atoms with Gasteiger partial charge in [0.2, 0.25) is 0 Å². The van der Waals surface area contributed by atoms with Crippen LogP contribution in [0, 0.1) is 6.92 Å². The van der Waals surface area contributed by atoms with Gasteiger partial charge in [0, 0.05) is 34.6 Å². The minimum Gasteiger partial charge on any atom is -0.335 e. The van der Waals surface area contributed by atoms with Crippen LogP contribution in [0.1, 0.15) is 55.5 Å². The topological polar surface area (TPSA) is 17.8 Å². The predicted molar refractivity (Wildman–Crippen MR) is 116 cm³/mol. The first-order valence-electron chi connectivity index (χ1n) is 9.54. The summed E-state index contributed by atoms with van der Waals surface area (Å²) in [6.07, 6.45) is 5.90. The highest BCUT2D eigenvalue weighted by Gasteiger charge is 2.17. The summed E-state index contributed by atoms with van der Waals surface area (Å²) in [5.41, 5.74) is 5.25. The molecule has 27 heavy (non-hydrogen) atoms. The molecule has 0 aliphatic carbocycles. The van der Waals surface area contributed by atoms with Gasteiger partial charge in [-0.05, 0) is 72.4 Å². The van der Waals surface area contributed by atoms with Crippen molar-refractivity contribution >= 4 is 23.4 Å². The summed E-state index contributed by atoms with van der Waals surface area (Å²) >= 11 is 8.23. The Morgan fingerprint density at radius 3 is 2.48 bits per heavy atom. The van der Waals surface area contributed by atoms with Gasteiger partial charge in [0.1, 0.15) is 0 Å². The molecule has 0 saturated carbocycles. The molecule has 0 atom stereocenters. The Bertz CT molecular complexity index is 900. The monoisotopic (exact) mass is 398 g/mol. The lowest BCUT2D eigenvalue weighted by atomic mass is 10.1. The standard InChI is InChI=1S/C23H27ClN2S/c1-5-6-19-12-20(24)14-21(13-19)27-23-22(16(2)3)11-17(4)26(23)15-18-7-9-25-10-8-18/h7-14,16H,5-6,15H2,1-4H3. The van der Waals surface area contributed by atoms with Gasteiger partial charge in [-0.1, -0.05) is 50.6 Å². The van der Waals surface area contributed by atoms with Crippen molar-refractivity contribution in [2.45, 2.75) is 62.9 Å². The minimum atomic E-state index is 0.471. The fourth-order valence-electron chi connectivity index (χ4n) is 3.30. The van der Waals surface area contributed by atoms with Crippen LogP contribution in [-0.4, -0.2) is 9.55 Å². The third-order valence-corrected chi connectivity index (χ3v) is 6.02. The first-order chi connectivity index (χ1) is 13.0. The van der Waals surface area contributed by atoms with E-state index in [9.17, 15) is 0 Å². The second-order valence-corrected chi connectivity index (χ2v) is 8.79. The number of aryl methyl sites for hydroxylation is 2. The van der Waals surface area contributed by atoms with Crippen LogP contribution in [0.2, 0.25) is 5.02 Å². The van der Waals surface area contributed by atoms with Gasteiger partial charge in [0.25, 0.3) is 0 Å². The Kier molecular flexibility index (Phi) is 6.67. The fourth-order valence-corrected chi connectivity index (χ4v) is 4.97. The van der Waals surface area contributed by atoms with Gasteiger partial charge >= 0.3 is 0 Å². The molecular weight excluding hydrogens is 372 g/mol. The molecule has 2 nitrogen and oxygen atoms in total. The average molecular weight is 399 g/mol. The van der Waals surface area contributed by atoms with Crippen molar-refractivity contribution in [3.05, 3.63) is 76.2 Å². The second kappa shape index (κ2) is 8.99. The first-order valence-corrected chi connectivity index (χ1v) is 10.7. The number of rotatable bonds is 7. The van der Waals surface area contributed by atoms with Gasteiger partial charge in [-0.15, -0.1) is 0 Å². The summed E-state index contributed by atoms with van der Waals surface area (Å²) in [7, 11) is 0. The van der Waals surface area contributed by atoms with Crippen LogP contribution in [0.5, 0.6) is 0 Å². The molecule has 2 heterocycles. The van der Waals surface area contributed by atoms with E-state index in [1.54, 1.807) is 0 Å². The van der Waals surface area contributed by atoms with Gasteiger partial charge in [0.15, 0.2) is 0 Å². The van der Waals surface area contributed by atoms with Gasteiger partial charge in [-0.25, -0.2) is 0 Å². The predicted octanol–water partition coefficient (Wildman–Crippen LogP) is 7.12. The Morgan fingerprint density at radius 2 is 1.81 bits per heavy atom. The van der Waals surface area contributed by atoms with Crippen molar-refractivity contribution in [1.29, 1.82) is 0 Å². The molecule has 0 N–H and O–H groups in total. The third kappa shape index (κ3) is 4.97. The first kappa shape index (κ1) is 20.0. The average Bonchev–Trinajstić information content (AvgIpc) is 2.92. The van der Waals surface area contributed by atoms with E-state index in [0.29, 0.717) is 5.92 Å². The fraction of sp³-hybridized carbons (Fsp3) is 0.348. The smallest absolute Gasteiger partial charge is 0.0836 e. The maximum atomic E-state index is 6.40. The molecule has 0 fully saturated rings. The zero-order valence-corrected chi connectivity index (χ0v) is 18.1. The number of benzene rings is 1. The zero-order chi connectivity index (χ0) is 19.4. The molecule has 0 spiro atoms. The molecular formula is C23H27ClN2S. The molecule has 3 aromatic rings. The number of pyridine rings is 1. The van der Waals surface area contributed by atoms with E-state index in [1.165, 1.54) is 32.3 Å². The summed E-state index contributed by atoms with van der Waals surface area (Å²) < 4.78 is 2.41. The highest BCUT2D eigenvalue weighted by Crippen LogP contribution is 2.38. The van der Waals surface area contributed by atoms with Crippen LogP contribution < -0.4 is 0 Å². The van der Waals surface area contributed by atoms with E-state index >= 15 is 0 Å². The molecule has 4 heteroatoms. The quantitative estimate of drug-likeness (QED) is 0.421. The number of hydrogen-bond donors (Lipinski definition) is 0. The number of halogens is 1. The number of nitrogens with zero attached hydrogens (tertiary/aromatic N) is 2. The summed E-state index contributed by atoms with van der Waals surface area (Å²) in [4.78, 5) is 5.35. The van der Waals surface area contributed by atoms with Gasteiger partial charge < -0.3 is 4.57 Å². The Labute approximate surface area is 172 Å². The Morgan fingerprint density at radius 1 is 1.07 bits per heavy atom. The lowest BCUT2D eigenvalue weighted by Gasteiger charge is -2.15. The van der Waals surface area contributed by atoms with Gasteiger partial charge in [-0.2, -0.15) is 0 Å². The molecule has 0 amide bonds. The van der Waals surface area contributed by atoms with Crippen LogP contribution >= 0.6 is 23.4 Å². The molecule has 0 radical (unpaired) electrons. The lowest BCUT2D eigenvalue weighted by molar-refractivity contribution is 0.689. The molecule has 2 aromatic heterocycles. The summed E-state index contributed by atoms with van der Waals surface area (Å²) in [5, 5.41) is 2.13. The normalized spacial score (nSPS) is 11.3. The van der Waals surface area contributed by atoms with E-state index in [0.717, 1.165) is 24.4 Å². The maximum Gasteiger partial charge on any atom is 0.0836 e. The number of aromatic nitrogens is 2. The molecule has 0 aliphatic rings. The second-order valence-electron chi connectivity index (χ2n) is 7.29. The van der Waals surface area contributed by atoms with Crippen molar-refractivity contribution in [3.8, 4) is 0 Å². The third-order valence-electron chi connectivity index (χ3n) is 4.68. The van der Waals surface area contributed by atoms with Crippen LogP contribution in [0.25, 0.3) is 0 Å². The SMILES string of the molecule is CCCc1cc(Cl)cc(Sc2c(C(C)C)cc(C)n2Cc2ccncc2)c1. The van der Waals surface area contributed by atoms with E-state index in [1.807, 2.05) is 24.2 Å². The van der Waals surface area contributed by atoms with E-state index in [-0.39, 0.29) is 0 Å². The van der Waals surface area contributed by atoms with E-state index in [2.05, 4.69) is 73.6 Å². The van der Waals surface area contributed by atoms with Crippen LogP contribution in [-0.2, 0) is 13.0 Å². The van der Waals surface area contributed by atoms with Crippen molar-refractivity contribution in [1.82, 2.24) is 9.55 Å². The molecule has 1 aromatic carbocycles. The van der Waals surface area contributed by atoms with Gasteiger partial charge in [-0.3, -0.25) is 4.98 Å². The molecule has 142 valence electrons. The van der Waals surface area contributed by atoms with E-state index < -0.39 is 0 Å². The molecule has 0 aliphatic heterocycles. The largest absolute Gasteiger partial charge is 0.335 e. The van der Waals surface area contributed by atoms with Crippen molar-refractivity contribution in [2.75, 3.05) is 0 Å². The summed E-state index contributed by atoms with van der Waals surface area (Å²) in [6.45, 7) is 9.77. The molecule has 3 rings (SSSR count). The molecule has 0 unspecified atom stereocenters. The van der Waals surface area contributed by atoms with Crippen LogP contribution in [0.15, 0.2) is 58.7 Å². The summed E-state index contributed by atoms with van der Waals surface area (Å²) in [5.74, 6) is 0.471. The molecule has 0 bridgehead atoms. The lowest BCUT2D eigenvalue weighted by Crippen LogP contribution is -2.04. The number of hydrogen-bond acceptors (Lipinski definition) is 2. The van der Waals surface area contributed by atoms with Crippen LogP contribution in [0.4, 0.5) is 0 Å². The van der Waals surface area contributed by atoms with Crippen molar-refractivity contribution < 1.29 is 0 Å². The molecule has 0 saturated heterocycles. The zero-order valence-electron chi connectivity index (χ0n) is 16.5. The van der Waals surface area contributed by atoms with Crippen LogP contribution in [0.3, 0.4) is 0 Å². The Hall–Kier alpha value is -1.71. The highest BCUT2D eigenvalue weighted by atomic mass is 35.5. The summed E-state index contributed by atoms with van der Waals surface area (Å²) in [6, 6.07) is 12.9. The van der Waals surface area contributed by atoms with E-state index in [4.69, 9.17) is 11.6 Å². The van der Waals surface area contributed by atoms with Gasteiger partial charge in [0.05, 0.1) is 5.03 Å². The minimum absolute atomic E-state index is 0.471. The van der Waals surface area contributed by atoms with Crippen molar-refractivity contribution in [3.63, 3.8) is 0 Å². The highest BCUT2D eigenvalue weighted by molar-refractivity contribution is 7.99.